The van der Waals surface area contributed by atoms with Crippen LogP contribution in [0.2, 0.25) is 0 Å². The summed E-state index contributed by atoms with van der Waals surface area (Å²) < 4.78 is 5.90. The molecule has 364 valence electrons. The number of rotatable bonds is 47. The van der Waals surface area contributed by atoms with E-state index in [2.05, 4.69) is 50.4 Å². The van der Waals surface area contributed by atoms with Crippen LogP contribution in [0.15, 0.2) is 72.9 Å². The largest absolute Gasteiger partial charge is 0.462 e. The molecule has 0 aliphatic carbocycles. The standard InChI is InChI=1S/C57H101NO5/c1-4-7-10-13-16-19-22-25-27-28-29-32-35-38-41-44-47-50-57(62)63-53(48-45-42-39-36-33-30-24-21-18-15-12-9-6-3)51-56(61)58-54(52-59)55(60)49-46-43-40-37-34-31-26-23-20-17-14-11-8-5-2/h9,12,15,18,21,24-25,27,30,33,36,39,53-55,59-60H,4-8,10-11,13-14,16-17,19-20,22-23,26,28-29,31-32,34-35,37-38,40-52H2,1-3H3,(H,58,61)/b12-9+,18-15+,24-21-,27-25+,33-30-,39-36+. The maximum atomic E-state index is 13.2. The summed E-state index contributed by atoms with van der Waals surface area (Å²) in [6.07, 6.45) is 64.0. The van der Waals surface area contributed by atoms with Gasteiger partial charge in [-0.25, -0.2) is 0 Å². The monoisotopic (exact) mass is 880 g/mol. The molecule has 0 heterocycles. The third kappa shape index (κ3) is 45.7. The smallest absolute Gasteiger partial charge is 0.306 e. The van der Waals surface area contributed by atoms with Crippen molar-refractivity contribution in [2.75, 3.05) is 6.61 Å². The summed E-state index contributed by atoms with van der Waals surface area (Å²) in [5, 5.41) is 23.8. The molecule has 0 aromatic heterocycles. The first-order chi connectivity index (χ1) is 31.0. The lowest BCUT2D eigenvalue weighted by Crippen LogP contribution is -2.46. The summed E-state index contributed by atoms with van der Waals surface area (Å²) >= 11 is 0. The van der Waals surface area contributed by atoms with Crippen molar-refractivity contribution in [3.8, 4) is 0 Å². The highest BCUT2D eigenvalue weighted by Crippen LogP contribution is 2.17. The van der Waals surface area contributed by atoms with Gasteiger partial charge in [0.15, 0.2) is 0 Å². The second-order valence-electron chi connectivity index (χ2n) is 18.0. The van der Waals surface area contributed by atoms with Crippen LogP contribution in [0.3, 0.4) is 0 Å². The van der Waals surface area contributed by atoms with Gasteiger partial charge in [0.1, 0.15) is 6.10 Å². The second kappa shape index (κ2) is 50.3. The summed E-state index contributed by atoms with van der Waals surface area (Å²) in [7, 11) is 0. The normalized spacial score (nSPS) is 13.8. The van der Waals surface area contributed by atoms with E-state index in [1.54, 1.807) is 0 Å². The van der Waals surface area contributed by atoms with Gasteiger partial charge in [-0.2, -0.15) is 0 Å². The van der Waals surface area contributed by atoms with Gasteiger partial charge in [0.25, 0.3) is 0 Å². The molecule has 0 aliphatic heterocycles. The van der Waals surface area contributed by atoms with E-state index < -0.39 is 18.2 Å². The van der Waals surface area contributed by atoms with E-state index in [9.17, 15) is 19.8 Å². The minimum absolute atomic E-state index is 0.0252. The highest BCUT2D eigenvalue weighted by molar-refractivity contribution is 5.77. The molecule has 0 spiro atoms. The Morgan fingerprint density at radius 2 is 0.889 bits per heavy atom. The molecule has 0 radical (unpaired) electrons. The number of allylic oxidation sites excluding steroid dienone is 12. The SMILES string of the molecule is CC/C=C/C=C/C=C\C=C/C=C/CCCC(CC(=O)NC(CO)C(O)CCCCCCCCCCCCCCCC)OC(=O)CCCCCCCCC/C=C/CCCCCCCC. The number of hydrogen-bond acceptors (Lipinski definition) is 5. The predicted molar refractivity (Wildman–Crippen MR) is 273 cm³/mol. The van der Waals surface area contributed by atoms with Crippen LogP contribution in [0.1, 0.15) is 252 Å². The van der Waals surface area contributed by atoms with Crippen molar-refractivity contribution >= 4 is 11.9 Å². The maximum absolute atomic E-state index is 13.2. The lowest BCUT2D eigenvalue weighted by atomic mass is 10.0. The van der Waals surface area contributed by atoms with Crippen LogP contribution in [-0.4, -0.2) is 46.9 Å². The number of ether oxygens (including phenoxy) is 1. The zero-order valence-corrected chi connectivity index (χ0v) is 41.4. The molecule has 0 saturated heterocycles. The third-order valence-electron chi connectivity index (χ3n) is 11.9. The van der Waals surface area contributed by atoms with Crippen molar-refractivity contribution in [3.05, 3.63) is 72.9 Å². The minimum Gasteiger partial charge on any atom is -0.462 e. The van der Waals surface area contributed by atoms with Crippen LogP contribution in [0.4, 0.5) is 0 Å². The Morgan fingerprint density at radius 1 is 0.476 bits per heavy atom. The number of aliphatic hydroxyl groups is 2. The van der Waals surface area contributed by atoms with Crippen LogP contribution >= 0.6 is 0 Å². The molecule has 6 nitrogen and oxygen atoms in total. The van der Waals surface area contributed by atoms with Crippen molar-refractivity contribution in [1.29, 1.82) is 0 Å². The molecular formula is C57H101NO5. The summed E-state index contributed by atoms with van der Waals surface area (Å²) in [6, 6.07) is -0.728. The molecule has 0 saturated carbocycles. The Morgan fingerprint density at radius 3 is 1.37 bits per heavy atom. The minimum atomic E-state index is -0.809. The van der Waals surface area contributed by atoms with Gasteiger partial charge in [-0.3, -0.25) is 9.59 Å². The summed E-state index contributed by atoms with van der Waals surface area (Å²) in [5.74, 6) is -0.550. The van der Waals surface area contributed by atoms with Gasteiger partial charge < -0.3 is 20.3 Å². The van der Waals surface area contributed by atoms with E-state index >= 15 is 0 Å². The van der Waals surface area contributed by atoms with Gasteiger partial charge >= 0.3 is 5.97 Å². The van der Waals surface area contributed by atoms with Crippen molar-refractivity contribution in [1.82, 2.24) is 5.32 Å². The molecule has 0 bridgehead atoms. The summed E-state index contributed by atoms with van der Waals surface area (Å²) in [5.41, 5.74) is 0. The first-order valence-corrected chi connectivity index (χ1v) is 26.7. The average Bonchev–Trinajstić information content (AvgIpc) is 3.28. The number of carbonyl (C=O) groups excluding carboxylic acids is 2. The Hall–Kier alpha value is -2.70. The van der Waals surface area contributed by atoms with Gasteiger partial charge in [-0.15, -0.1) is 0 Å². The number of hydrogen-bond donors (Lipinski definition) is 3. The number of aliphatic hydroxyl groups excluding tert-OH is 2. The fourth-order valence-corrected chi connectivity index (χ4v) is 7.86. The quantitative estimate of drug-likeness (QED) is 0.0245. The highest BCUT2D eigenvalue weighted by Gasteiger charge is 2.24. The molecule has 1 amide bonds. The van der Waals surface area contributed by atoms with Crippen LogP contribution in [0.25, 0.3) is 0 Å². The number of unbranched alkanes of at least 4 members (excludes halogenated alkanes) is 27. The number of esters is 1. The topological polar surface area (TPSA) is 95.9 Å². The molecule has 3 atom stereocenters. The summed E-state index contributed by atoms with van der Waals surface area (Å²) in [4.78, 5) is 26.2. The third-order valence-corrected chi connectivity index (χ3v) is 11.9. The zero-order valence-electron chi connectivity index (χ0n) is 41.4. The Kier molecular flexibility index (Phi) is 48.1. The fourth-order valence-electron chi connectivity index (χ4n) is 7.86. The van der Waals surface area contributed by atoms with Crippen molar-refractivity contribution in [3.63, 3.8) is 0 Å². The lowest BCUT2D eigenvalue weighted by Gasteiger charge is -2.24. The Balaban J connectivity index is 4.64. The van der Waals surface area contributed by atoms with E-state index in [1.165, 1.54) is 148 Å². The van der Waals surface area contributed by atoms with Gasteiger partial charge in [-0.1, -0.05) is 248 Å². The van der Waals surface area contributed by atoms with Gasteiger partial charge in [0.05, 0.1) is 25.2 Å². The molecule has 3 N–H and O–H groups in total. The molecule has 6 heteroatoms. The van der Waals surface area contributed by atoms with Crippen molar-refractivity contribution in [2.24, 2.45) is 0 Å². The Bertz CT molecular complexity index is 1170. The molecule has 3 unspecified atom stereocenters. The van der Waals surface area contributed by atoms with Gasteiger partial charge in [0.2, 0.25) is 5.91 Å². The molecule has 0 rings (SSSR count). The van der Waals surface area contributed by atoms with E-state index in [-0.39, 0.29) is 24.9 Å². The summed E-state index contributed by atoms with van der Waals surface area (Å²) in [6.45, 7) is 6.32. The molecule has 0 aromatic rings. The highest BCUT2D eigenvalue weighted by atomic mass is 16.5. The van der Waals surface area contributed by atoms with Crippen LogP contribution in [-0.2, 0) is 14.3 Å². The predicted octanol–water partition coefficient (Wildman–Crippen LogP) is 16.2. The Labute approximate surface area is 390 Å². The molecule has 0 aromatic carbocycles. The van der Waals surface area contributed by atoms with E-state index in [4.69, 9.17) is 4.74 Å². The van der Waals surface area contributed by atoms with E-state index in [0.717, 1.165) is 57.8 Å². The van der Waals surface area contributed by atoms with Crippen LogP contribution < -0.4 is 5.32 Å². The van der Waals surface area contributed by atoms with Gasteiger partial charge in [0, 0.05) is 6.42 Å². The first-order valence-electron chi connectivity index (χ1n) is 26.7. The van der Waals surface area contributed by atoms with Crippen molar-refractivity contribution < 1.29 is 24.5 Å². The fraction of sp³-hybridized carbons (Fsp3) is 0.754. The average molecular weight is 880 g/mol. The molecule has 0 fully saturated rings. The molecule has 0 aliphatic rings. The second-order valence-corrected chi connectivity index (χ2v) is 18.0. The molecular weight excluding hydrogens is 779 g/mol. The molecule has 63 heavy (non-hydrogen) atoms. The van der Waals surface area contributed by atoms with E-state index in [1.807, 2.05) is 48.6 Å². The zero-order chi connectivity index (χ0) is 45.9. The maximum Gasteiger partial charge on any atom is 0.306 e. The van der Waals surface area contributed by atoms with Gasteiger partial charge in [-0.05, 0) is 64.2 Å². The lowest BCUT2D eigenvalue weighted by molar-refractivity contribution is -0.151. The number of carbonyl (C=O) groups is 2. The first kappa shape index (κ1) is 60.3. The van der Waals surface area contributed by atoms with Crippen molar-refractivity contribution in [2.45, 2.75) is 270 Å². The van der Waals surface area contributed by atoms with E-state index in [0.29, 0.717) is 19.3 Å². The van der Waals surface area contributed by atoms with Crippen LogP contribution in [0.5, 0.6) is 0 Å². The van der Waals surface area contributed by atoms with Crippen LogP contribution in [0, 0.1) is 0 Å². The number of nitrogens with one attached hydrogen (secondary N) is 1. The number of amides is 1.